The average molecular weight is 220 g/mol. The number of halogens is 1. The highest BCUT2D eigenvalue weighted by atomic mass is 35.5. The van der Waals surface area contributed by atoms with Crippen molar-refractivity contribution in [2.45, 2.75) is 6.92 Å². The Morgan fingerprint density at radius 3 is 2.47 bits per heavy atom. The third-order valence-corrected chi connectivity index (χ3v) is 2.35. The minimum atomic E-state index is 0.433. The van der Waals surface area contributed by atoms with Gasteiger partial charge in [-0.05, 0) is 30.7 Å². The summed E-state index contributed by atoms with van der Waals surface area (Å²) in [6.45, 7) is 1.88. The van der Waals surface area contributed by atoms with Gasteiger partial charge >= 0.3 is 0 Å². The van der Waals surface area contributed by atoms with Gasteiger partial charge in [0.15, 0.2) is 5.82 Å². The molecule has 1 aromatic carbocycles. The number of anilines is 1. The van der Waals surface area contributed by atoms with Crippen molar-refractivity contribution in [1.29, 1.82) is 0 Å². The third-order valence-electron chi connectivity index (χ3n) is 2.10. The summed E-state index contributed by atoms with van der Waals surface area (Å²) in [6.07, 6.45) is 0. The van der Waals surface area contributed by atoms with Crippen LogP contribution in [0.3, 0.4) is 0 Å². The molecular formula is C11H10ClN3. The first kappa shape index (κ1) is 9.93. The van der Waals surface area contributed by atoms with Crippen LogP contribution in [0.1, 0.15) is 5.69 Å². The van der Waals surface area contributed by atoms with Gasteiger partial charge in [0, 0.05) is 10.6 Å². The molecule has 2 rings (SSSR count). The van der Waals surface area contributed by atoms with E-state index in [1.807, 2.05) is 37.3 Å². The molecule has 3 nitrogen and oxygen atoms in total. The van der Waals surface area contributed by atoms with Gasteiger partial charge in [-0.1, -0.05) is 23.7 Å². The molecule has 1 heterocycles. The Kier molecular flexibility index (Phi) is 2.56. The quantitative estimate of drug-likeness (QED) is 0.802. The highest BCUT2D eigenvalue weighted by Crippen LogP contribution is 2.25. The zero-order chi connectivity index (χ0) is 10.8. The van der Waals surface area contributed by atoms with Crippen LogP contribution in [-0.2, 0) is 0 Å². The van der Waals surface area contributed by atoms with Gasteiger partial charge in [-0.3, -0.25) is 0 Å². The molecule has 0 saturated heterocycles. The molecule has 0 radical (unpaired) electrons. The summed E-state index contributed by atoms with van der Waals surface area (Å²) >= 11 is 5.81. The fourth-order valence-electron chi connectivity index (χ4n) is 1.36. The summed E-state index contributed by atoms with van der Waals surface area (Å²) in [6, 6.07) is 9.38. The highest BCUT2D eigenvalue weighted by Gasteiger charge is 2.04. The van der Waals surface area contributed by atoms with E-state index in [0.29, 0.717) is 10.8 Å². The van der Waals surface area contributed by atoms with Crippen LogP contribution in [0.2, 0.25) is 5.02 Å². The Hall–Kier alpha value is -1.61. The maximum Gasteiger partial charge on any atom is 0.153 e. The van der Waals surface area contributed by atoms with Crippen molar-refractivity contribution in [2.24, 2.45) is 0 Å². The van der Waals surface area contributed by atoms with Gasteiger partial charge in [0.25, 0.3) is 0 Å². The minimum Gasteiger partial charge on any atom is -0.382 e. The maximum absolute atomic E-state index is 5.81. The van der Waals surface area contributed by atoms with E-state index in [1.54, 1.807) is 0 Å². The van der Waals surface area contributed by atoms with Crippen LogP contribution in [-0.4, -0.2) is 10.2 Å². The smallest absolute Gasteiger partial charge is 0.153 e. The van der Waals surface area contributed by atoms with Gasteiger partial charge in [0.05, 0.1) is 5.69 Å². The number of hydrogen-bond donors (Lipinski definition) is 1. The molecule has 0 atom stereocenters. The van der Waals surface area contributed by atoms with Gasteiger partial charge in [-0.15, -0.1) is 5.10 Å². The van der Waals surface area contributed by atoms with E-state index in [0.717, 1.165) is 16.8 Å². The van der Waals surface area contributed by atoms with Crippen molar-refractivity contribution in [3.63, 3.8) is 0 Å². The van der Waals surface area contributed by atoms with Crippen LogP contribution < -0.4 is 5.73 Å². The number of rotatable bonds is 1. The summed E-state index contributed by atoms with van der Waals surface area (Å²) in [4.78, 5) is 0. The van der Waals surface area contributed by atoms with Crippen LogP contribution in [0.4, 0.5) is 5.82 Å². The van der Waals surface area contributed by atoms with Gasteiger partial charge in [0.1, 0.15) is 0 Å². The minimum absolute atomic E-state index is 0.433. The van der Waals surface area contributed by atoms with E-state index in [-0.39, 0.29) is 0 Å². The van der Waals surface area contributed by atoms with Crippen LogP contribution in [0, 0.1) is 6.92 Å². The molecule has 0 spiro atoms. The van der Waals surface area contributed by atoms with Crippen molar-refractivity contribution in [1.82, 2.24) is 10.2 Å². The molecule has 0 unspecified atom stereocenters. The number of hydrogen-bond acceptors (Lipinski definition) is 3. The largest absolute Gasteiger partial charge is 0.382 e. The maximum atomic E-state index is 5.81. The van der Waals surface area contributed by atoms with E-state index in [2.05, 4.69) is 10.2 Å². The SMILES string of the molecule is Cc1cc(-c2ccc(Cl)cc2)c(N)nn1. The Morgan fingerprint density at radius 1 is 1.13 bits per heavy atom. The van der Waals surface area contributed by atoms with Gasteiger partial charge < -0.3 is 5.73 Å². The molecule has 15 heavy (non-hydrogen) atoms. The molecule has 0 bridgehead atoms. The summed E-state index contributed by atoms with van der Waals surface area (Å²) in [5.41, 5.74) is 8.48. The summed E-state index contributed by atoms with van der Waals surface area (Å²) < 4.78 is 0. The number of aromatic nitrogens is 2. The second kappa shape index (κ2) is 3.87. The first-order valence-electron chi connectivity index (χ1n) is 4.52. The molecule has 0 amide bonds. The predicted molar refractivity (Wildman–Crippen MR) is 61.6 cm³/mol. The summed E-state index contributed by atoms with van der Waals surface area (Å²) in [5.74, 6) is 0.433. The van der Waals surface area contributed by atoms with Crippen molar-refractivity contribution in [3.8, 4) is 11.1 Å². The molecule has 0 aliphatic heterocycles. The Bertz CT molecular complexity index is 480. The van der Waals surface area contributed by atoms with Crippen LogP contribution in [0.25, 0.3) is 11.1 Å². The molecule has 0 aliphatic rings. The predicted octanol–water partition coefficient (Wildman–Crippen LogP) is 2.69. The number of benzene rings is 1. The van der Waals surface area contributed by atoms with Crippen molar-refractivity contribution in [2.75, 3.05) is 5.73 Å². The zero-order valence-corrected chi connectivity index (χ0v) is 8.99. The van der Waals surface area contributed by atoms with Crippen molar-refractivity contribution >= 4 is 17.4 Å². The lowest BCUT2D eigenvalue weighted by Gasteiger charge is -2.04. The van der Waals surface area contributed by atoms with Crippen molar-refractivity contribution in [3.05, 3.63) is 41.0 Å². The van der Waals surface area contributed by atoms with E-state index < -0.39 is 0 Å². The Morgan fingerprint density at radius 2 is 1.80 bits per heavy atom. The molecule has 2 aromatic rings. The molecule has 0 saturated carbocycles. The van der Waals surface area contributed by atoms with Gasteiger partial charge in [-0.2, -0.15) is 5.10 Å². The molecular weight excluding hydrogens is 210 g/mol. The standard InChI is InChI=1S/C11H10ClN3/c1-7-6-10(11(13)15-14-7)8-2-4-9(12)5-3-8/h2-6H,1H3,(H2,13,15). The highest BCUT2D eigenvalue weighted by molar-refractivity contribution is 6.30. The molecule has 0 fully saturated rings. The van der Waals surface area contributed by atoms with Gasteiger partial charge in [-0.25, -0.2) is 0 Å². The number of nitrogen functional groups attached to an aromatic ring is 1. The molecule has 2 N–H and O–H groups in total. The second-order valence-corrected chi connectivity index (χ2v) is 3.73. The topological polar surface area (TPSA) is 51.8 Å². The van der Waals surface area contributed by atoms with Crippen molar-refractivity contribution < 1.29 is 0 Å². The number of nitrogens with two attached hydrogens (primary N) is 1. The first-order valence-corrected chi connectivity index (χ1v) is 4.90. The lowest BCUT2D eigenvalue weighted by molar-refractivity contribution is 0.992. The summed E-state index contributed by atoms with van der Waals surface area (Å²) in [5, 5.41) is 8.46. The first-order chi connectivity index (χ1) is 7.16. The molecule has 76 valence electrons. The van der Waals surface area contributed by atoms with E-state index >= 15 is 0 Å². The lowest BCUT2D eigenvalue weighted by Crippen LogP contribution is -1.97. The third kappa shape index (κ3) is 2.07. The molecule has 1 aromatic heterocycles. The van der Waals surface area contributed by atoms with Crippen LogP contribution >= 0.6 is 11.6 Å². The molecule has 0 aliphatic carbocycles. The van der Waals surface area contributed by atoms with Crippen LogP contribution in [0.5, 0.6) is 0 Å². The molecule has 4 heteroatoms. The fraction of sp³-hybridized carbons (Fsp3) is 0.0909. The van der Waals surface area contributed by atoms with E-state index in [1.165, 1.54) is 0 Å². The summed E-state index contributed by atoms with van der Waals surface area (Å²) in [7, 11) is 0. The monoisotopic (exact) mass is 219 g/mol. The number of nitrogens with zero attached hydrogens (tertiary/aromatic N) is 2. The van der Waals surface area contributed by atoms with Gasteiger partial charge in [0.2, 0.25) is 0 Å². The van der Waals surface area contributed by atoms with E-state index in [9.17, 15) is 0 Å². The average Bonchev–Trinajstić information content (AvgIpc) is 2.23. The number of aryl methyl sites for hydroxylation is 1. The fourth-order valence-corrected chi connectivity index (χ4v) is 1.48. The lowest BCUT2D eigenvalue weighted by atomic mass is 10.1. The zero-order valence-electron chi connectivity index (χ0n) is 8.24. The van der Waals surface area contributed by atoms with E-state index in [4.69, 9.17) is 17.3 Å². The normalized spacial score (nSPS) is 10.3. The Labute approximate surface area is 92.9 Å². The Balaban J connectivity index is 2.53. The second-order valence-electron chi connectivity index (χ2n) is 3.29. The van der Waals surface area contributed by atoms with Crippen LogP contribution in [0.15, 0.2) is 30.3 Å².